The number of thiophene rings is 1. The highest BCUT2D eigenvalue weighted by Crippen LogP contribution is 2.35. The molecule has 19 heavy (non-hydrogen) atoms. The Bertz CT molecular complexity index is 537. The monoisotopic (exact) mass is 294 g/mol. The number of rotatable bonds is 4. The summed E-state index contributed by atoms with van der Waals surface area (Å²) in [5.74, 6) is 9.19. The highest BCUT2D eigenvalue weighted by molar-refractivity contribution is 7.98. The van der Waals surface area contributed by atoms with Crippen LogP contribution < -0.4 is 11.3 Å². The summed E-state index contributed by atoms with van der Waals surface area (Å²) >= 11 is 3.92. The van der Waals surface area contributed by atoms with Crippen molar-refractivity contribution < 1.29 is 0 Å². The van der Waals surface area contributed by atoms with Gasteiger partial charge in [-0.1, -0.05) is 0 Å². The van der Waals surface area contributed by atoms with E-state index in [4.69, 9.17) is 5.84 Å². The Hall–Kier alpha value is -0.820. The number of nitrogens with one attached hydrogen (secondary N) is 1. The Balaban J connectivity index is 1.82. The van der Waals surface area contributed by atoms with Crippen LogP contribution in [0.3, 0.4) is 0 Å². The number of imidazole rings is 1. The fourth-order valence-corrected chi connectivity index (χ4v) is 4.80. The summed E-state index contributed by atoms with van der Waals surface area (Å²) in [5, 5.41) is 0. The van der Waals surface area contributed by atoms with E-state index in [1.54, 1.807) is 0 Å². The third kappa shape index (κ3) is 2.72. The summed E-state index contributed by atoms with van der Waals surface area (Å²) in [4.78, 5) is 7.25. The molecule has 0 amide bonds. The van der Waals surface area contributed by atoms with Crippen molar-refractivity contribution in [1.82, 2.24) is 15.0 Å². The van der Waals surface area contributed by atoms with Gasteiger partial charge in [-0.05, 0) is 23.8 Å². The minimum atomic E-state index is 0.154. The average molecular weight is 294 g/mol. The van der Waals surface area contributed by atoms with Crippen LogP contribution in [0.2, 0.25) is 0 Å². The minimum absolute atomic E-state index is 0.154. The van der Waals surface area contributed by atoms with Gasteiger partial charge < -0.3 is 4.57 Å². The summed E-state index contributed by atoms with van der Waals surface area (Å²) in [6.45, 7) is 0. The third-order valence-corrected chi connectivity index (χ3v) is 5.86. The standard InChI is InChI=1S/C13H18N4S2/c1-17-4-3-15-13(17)7-10(16-14)12-6-9-8-18-5-2-11(9)19-12/h3-4,6,10,16H,2,5,7-8,14H2,1H3. The Morgan fingerprint density at radius 1 is 1.58 bits per heavy atom. The molecule has 1 aliphatic heterocycles. The molecule has 0 saturated carbocycles. The molecule has 1 unspecified atom stereocenters. The number of nitrogens with two attached hydrogens (primary N) is 1. The molecule has 3 heterocycles. The molecule has 0 aliphatic carbocycles. The van der Waals surface area contributed by atoms with Crippen molar-refractivity contribution in [3.05, 3.63) is 39.6 Å². The van der Waals surface area contributed by atoms with Crippen LogP contribution in [0.5, 0.6) is 0 Å². The van der Waals surface area contributed by atoms with E-state index in [1.807, 2.05) is 47.1 Å². The lowest BCUT2D eigenvalue weighted by atomic mass is 10.1. The summed E-state index contributed by atoms with van der Waals surface area (Å²) in [7, 11) is 2.02. The molecule has 4 nitrogen and oxygen atoms in total. The molecule has 0 fully saturated rings. The van der Waals surface area contributed by atoms with Gasteiger partial charge in [-0.25, -0.2) is 4.98 Å². The van der Waals surface area contributed by atoms with Gasteiger partial charge in [-0.2, -0.15) is 11.8 Å². The van der Waals surface area contributed by atoms with Gasteiger partial charge in [-0.15, -0.1) is 11.3 Å². The lowest BCUT2D eigenvalue weighted by molar-refractivity contribution is 0.538. The largest absolute Gasteiger partial charge is 0.338 e. The zero-order chi connectivity index (χ0) is 13.2. The van der Waals surface area contributed by atoms with Gasteiger partial charge in [0.2, 0.25) is 0 Å². The highest BCUT2D eigenvalue weighted by atomic mass is 32.2. The number of hydrogen-bond acceptors (Lipinski definition) is 5. The molecule has 2 aromatic rings. The molecule has 0 aromatic carbocycles. The maximum absolute atomic E-state index is 5.74. The van der Waals surface area contributed by atoms with Crippen molar-refractivity contribution in [1.29, 1.82) is 0 Å². The normalized spacial score (nSPS) is 16.3. The summed E-state index contributed by atoms with van der Waals surface area (Å²) in [6.07, 6.45) is 5.83. The molecule has 0 radical (unpaired) electrons. The third-order valence-electron chi connectivity index (χ3n) is 3.50. The quantitative estimate of drug-likeness (QED) is 0.669. The topological polar surface area (TPSA) is 55.9 Å². The molecule has 3 N–H and O–H groups in total. The van der Waals surface area contributed by atoms with E-state index < -0.39 is 0 Å². The second kappa shape index (κ2) is 5.66. The lowest BCUT2D eigenvalue weighted by Gasteiger charge is -2.13. The van der Waals surface area contributed by atoms with Crippen LogP contribution in [0.4, 0.5) is 0 Å². The first-order valence-corrected chi connectivity index (χ1v) is 8.36. The van der Waals surface area contributed by atoms with Crippen molar-refractivity contribution in [2.45, 2.75) is 24.6 Å². The number of hydrazine groups is 1. The predicted octanol–water partition coefficient (Wildman–Crippen LogP) is 2.02. The fraction of sp³-hybridized carbons (Fsp3) is 0.462. The molecule has 6 heteroatoms. The van der Waals surface area contributed by atoms with Gasteiger partial charge in [0, 0.05) is 41.4 Å². The van der Waals surface area contributed by atoms with E-state index in [1.165, 1.54) is 27.5 Å². The first-order chi connectivity index (χ1) is 9.28. The van der Waals surface area contributed by atoms with Gasteiger partial charge in [0.25, 0.3) is 0 Å². The molecule has 2 aromatic heterocycles. The SMILES string of the molecule is Cn1ccnc1CC(NN)c1cc2c(s1)CCSC2. The first kappa shape index (κ1) is 13.2. The van der Waals surface area contributed by atoms with E-state index in [0.717, 1.165) is 18.0 Å². The number of hydrogen-bond donors (Lipinski definition) is 2. The van der Waals surface area contributed by atoms with E-state index in [0.29, 0.717) is 0 Å². The predicted molar refractivity (Wildman–Crippen MR) is 81.2 cm³/mol. The van der Waals surface area contributed by atoms with Crippen LogP contribution in [-0.2, 0) is 25.6 Å². The average Bonchev–Trinajstić information content (AvgIpc) is 3.02. The van der Waals surface area contributed by atoms with Gasteiger partial charge >= 0.3 is 0 Å². The number of fused-ring (bicyclic) bond motifs is 1. The smallest absolute Gasteiger partial charge is 0.110 e. The zero-order valence-electron chi connectivity index (χ0n) is 10.9. The molecule has 3 rings (SSSR count). The molecule has 0 spiro atoms. The molecular formula is C13H18N4S2. The summed E-state index contributed by atoms with van der Waals surface area (Å²) in [5.41, 5.74) is 4.44. The summed E-state index contributed by atoms with van der Waals surface area (Å²) in [6, 6.07) is 2.47. The van der Waals surface area contributed by atoms with E-state index in [-0.39, 0.29) is 6.04 Å². The van der Waals surface area contributed by atoms with Crippen LogP contribution in [-0.4, -0.2) is 15.3 Å². The van der Waals surface area contributed by atoms with Crippen LogP contribution in [0.15, 0.2) is 18.5 Å². The van der Waals surface area contributed by atoms with Gasteiger partial charge in [0.15, 0.2) is 0 Å². The zero-order valence-corrected chi connectivity index (χ0v) is 12.6. The second-order valence-corrected chi connectivity index (χ2v) is 7.05. The maximum Gasteiger partial charge on any atom is 0.110 e. The molecule has 0 saturated heterocycles. The van der Waals surface area contributed by atoms with Crippen molar-refractivity contribution in [3.63, 3.8) is 0 Å². The maximum atomic E-state index is 5.74. The fourth-order valence-electron chi connectivity index (χ4n) is 2.36. The molecule has 1 aliphatic rings. The molecule has 0 bridgehead atoms. The lowest BCUT2D eigenvalue weighted by Crippen LogP contribution is -2.29. The Kier molecular flexibility index (Phi) is 3.93. The highest BCUT2D eigenvalue weighted by Gasteiger charge is 2.20. The van der Waals surface area contributed by atoms with Crippen LogP contribution in [0.1, 0.15) is 27.2 Å². The number of aromatic nitrogens is 2. The van der Waals surface area contributed by atoms with Crippen molar-refractivity contribution >= 4 is 23.1 Å². The Morgan fingerprint density at radius 2 is 2.47 bits per heavy atom. The van der Waals surface area contributed by atoms with Gasteiger partial charge in [0.05, 0.1) is 6.04 Å². The number of aryl methyl sites for hydroxylation is 2. The van der Waals surface area contributed by atoms with E-state index in [9.17, 15) is 0 Å². The second-order valence-electron chi connectivity index (χ2n) is 4.78. The summed E-state index contributed by atoms with van der Waals surface area (Å²) < 4.78 is 2.05. The van der Waals surface area contributed by atoms with Crippen LogP contribution in [0, 0.1) is 0 Å². The molecule has 102 valence electrons. The van der Waals surface area contributed by atoms with Crippen LogP contribution >= 0.6 is 23.1 Å². The van der Waals surface area contributed by atoms with Crippen LogP contribution in [0.25, 0.3) is 0 Å². The van der Waals surface area contributed by atoms with Crippen molar-refractivity contribution in [2.24, 2.45) is 12.9 Å². The van der Waals surface area contributed by atoms with Crippen molar-refractivity contribution in [3.8, 4) is 0 Å². The molecular weight excluding hydrogens is 276 g/mol. The van der Waals surface area contributed by atoms with Crippen molar-refractivity contribution in [2.75, 3.05) is 5.75 Å². The van der Waals surface area contributed by atoms with E-state index >= 15 is 0 Å². The first-order valence-electron chi connectivity index (χ1n) is 6.39. The molecule has 1 atom stereocenters. The Labute approximate surface area is 121 Å². The van der Waals surface area contributed by atoms with E-state index in [2.05, 4.69) is 16.5 Å². The van der Waals surface area contributed by atoms with Gasteiger partial charge in [-0.3, -0.25) is 11.3 Å². The number of thioether (sulfide) groups is 1. The van der Waals surface area contributed by atoms with Gasteiger partial charge in [0.1, 0.15) is 5.82 Å². The number of nitrogens with zero attached hydrogens (tertiary/aromatic N) is 2. The Morgan fingerprint density at radius 3 is 3.16 bits per heavy atom. The minimum Gasteiger partial charge on any atom is -0.338 e.